The summed E-state index contributed by atoms with van der Waals surface area (Å²) in [6.45, 7) is 0.481. The van der Waals surface area contributed by atoms with Gasteiger partial charge in [-0.15, -0.1) is 0 Å². The van der Waals surface area contributed by atoms with Crippen LogP contribution in [0.25, 0.3) is 0 Å². The van der Waals surface area contributed by atoms with Crippen LogP contribution in [0.15, 0.2) is 60.7 Å². The summed E-state index contributed by atoms with van der Waals surface area (Å²) >= 11 is 0. The number of hydrogen-bond donors (Lipinski definition) is 3. The van der Waals surface area contributed by atoms with Crippen LogP contribution >= 0.6 is 0 Å². The third kappa shape index (κ3) is 6.94. The predicted molar refractivity (Wildman–Crippen MR) is 98.4 cm³/mol. The summed E-state index contributed by atoms with van der Waals surface area (Å²) < 4.78 is 5.20. The lowest BCUT2D eigenvalue weighted by Crippen LogP contribution is -2.48. The molecule has 2 aromatic carbocycles. The molecule has 2 amide bonds. The maximum absolute atomic E-state index is 12.4. The summed E-state index contributed by atoms with van der Waals surface area (Å²) in [6, 6.07) is 18.0. The van der Waals surface area contributed by atoms with E-state index in [2.05, 4.69) is 10.6 Å². The van der Waals surface area contributed by atoms with E-state index in [4.69, 9.17) is 9.84 Å². The fourth-order valence-electron chi connectivity index (χ4n) is 2.38. The molecule has 0 saturated heterocycles. The molecule has 0 aromatic heterocycles. The van der Waals surface area contributed by atoms with Crippen molar-refractivity contribution in [2.24, 2.45) is 0 Å². The number of amides is 2. The highest BCUT2D eigenvalue weighted by Gasteiger charge is 2.21. The molecular formula is C20H24N2O4. The van der Waals surface area contributed by atoms with Crippen molar-refractivity contribution in [2.45, 2.75) is 25.5 Å². The van der Waals surface area contributed by atoms with Gasteiger partial charge in [-0.1, -0.05) is 60.7 Å². The van der Waals surface area contributed by atoms with Crippen molar-refractivity contribution in [3.8, 4) is 0 Å². The SMILES string of the molecule is O=C(NC(Cc1ccccc1)C(=O)NCCCO)OCc1ccccc1. The highest BCUT2D eigenvalue weighted by atomic mass is 16.5. The molecule has 0 bridgehead atoms. The van der Waals surface area contributed by atoms with E-state index < -0.39 is 12.1 Å². The largest absolute Gasteiger partial charge is 0.445 e. The molecule has 0 radical (unpaired) electrons. The van der Waals surface area contributed by atoms with Gasteiger partial charge in [-0.3, -0.25) is 4.79 Å². The van der Waals surface area contributed by atoms with Crippen LogP contribution in [0, 0.1) is 0 Å². The van der Waals surface area contributed by atoms with E-state index in [9.17, 15) is 9.59 Å². The van der Waals surface area contributed by atoms with Gasteiger partial charge in [0.1, 0.15) is 12.6 Å². The first-order valence-corrected chi connectivity index (χ1v) is 8.58. The van der Waals surface area contributed by atoms with Crippen LogP contribution in [-0.2, 0) is 22.6 Å². The quantitative estimate of drug-likeness (QED) is 0.600. The standard InChI is InChI=1S/C20H24N2O4/c23-13-7-12-21-19(24)18(14-16-8-3-1-4-9-16)22-20(25)26-15-17-10-5-2-6-11-17/h1-6,8-11,18,23H,7,12-15H2,(H,21,24)(H,22,25). The second-order valence-corrected chi connectivity index (χ2v) is 5.82. The lowest BCUT2D eigenvalue weighted by molar-refractivity contribution is -0.123. The molecule has 6 heteroatoms. The molecule has 0 fully saturated rings. The summed E-state index contributed by atoms with van der Waals surface area (Å²) in [5.41, 5.74) is 1.80. The van der Waals surface area contributed by atoms with Gasteiger partial charge in [0.05, 0.1) is 0 Å². The topological polar surface area (TPSA) is 87.7 Å². The van der Waals surface area contributed by atoms with E-state index in [-0.39, 0.29) is 19.1 Å². The third-order valence-corrected chi connectivity index (χ3v) is 3.74. The van der Waals surface area contributed by atoms with Crippen LogP contribution in [0.4, 0.5) is 4.79 Å². The smallest absolute Gasteiger partial charge is 0.408 e. The van der Waals surface area contributed by atoms with Gasteiger partial charge in [0, 0.05) is 19.6 Å². The van der Waals surface area contributed by atoms with Crippen LogP contribution in [0.1, 0.15) is 17.5 Å². The van der Waals surface area contributed by atoms with E-state index in [1.165, 1.54) is 0 Å². The Kier molecular flexibility index (Phi) is 8.15. The van der Waals surface area contributed by atoms with Crippen molar-refractivity contribution in [2.75, 3.05) is 13.2 Å². The number of hydrogen-bond acceptors (Lipinski definition) is 4. The second-order valence-electron chi connectivity index (χ2n) is 5.82. The van der Waals surface area contributed by atoms with E-state index in [1.807, 2.05) is 60.7 Å². The number of carbonyl (C=O) groups is 2. The molecule has 0 aliphatic heterocycles. The van der Waals surface area contributed by atoms with Crippen LogP contribution in [0.3, 0.4) is 0 Å². The normalized spacial score (nSPS) is 11.4. The lowest BCUT2D eigenvalue weighted by atomic mass is 10.1. The lowest BCUT2D eigenvalue weighted by Gasteiger charge is -2.18. The van der Waals surface area contributed by atoms with Crippen LogP contribution in [0.2, 0.25) is 0 Å². The molecule has 0 saturated carbocycles. The number of benzene rings is 2. The summed E-state index contributed by atoms with van der Waals surface area (Å²) in [7, 11) is 0. The fourth-order valence-corrected chi connectivity index (χ4v) is 2.38. The zero-order chi connectivity index (χ0) is 18.6. The predicted octanol–water partition coefficient (Wildman–Crippen LogP) is 2.02. The van der Waals surface area contributed by atoms with Crippen LogP contribution in [-0.4, -0.2) is 36.3 Å². The molecule has 1 atom stereocenters. The molecule has 0 heterocycles. The minimum atomic E-state index is -0.751. The minimum Gasteiger partial charge on any atom is -0.445 e. The van der Waals surface area contributed by atoms with Gasteiger partial charge in [0.25, 0.3) is 0 Å². The Bertz CT molecular complexity index is 677. The number of nitrogens with one attached hydrogen (secondary N) is 2. The molecule has 0 aliphatic carbocycles. The number of rotatable bonds is 9. The number of carbonyl (C=O) groups excluding carboxylic acids is 2. The van der Waals surface area contributed by atoms with Gasteiger partial charge in [0.2, 0.25) is 5.91 Å². The van der Waals surface area contributed by atoms with E-state index in [0.29, 0.717) is 19.4 Å². The van der Waals surface area contributed by atoms with Gasteiger partial charge in [-0.2, -0.15) is 0 Å². The third-order valence-electron chi connectivity index (χ3n) is 3.74. The second kappa shape index (κ2) is 10.9. The molecular weight excluding hydrogens is 332 g/mol. The Balaban J connectivity index is 1.93. The van der Waals surface area contributed by atoms with Crippen molar-refractivity contribution in [1.29, 1.82) is 0 Å². The number of aliphatic hydroxyl groups excluding tert-OH is 1. The molecule has 0 spiro atoms. The molecule has 3 N–H and O–H groups in total. The molecule has 6 nitrogen and oxygen atoms in total. The number of alkyl carbamates (subject to hydrolysis) is 1. The number of ether oxygens (including phenoxy) is 1. The zero-order valence-electron chi connectivity index (χ0n) is 14.6. The van der Waals surface area contributed by atoms with Gasteiger partial charge < -0.3 is 20.5 Å². The monoisotopic (exact) mass is 356 g/mol. The summed E-state index contributed by atoms with van der Waals surface area (Å²) in [4.78, 5) is 24.5. The Morgan fingerprint density at radius 3 is 2.19 bits per heavy atom. The van der Waals surface area contributed by atoms with Gasteiger partial charge in [-0.25, -0.2) is 4.79 Å². The highest BCUT2D eigenvalue weighted by molar-refractivity contribution is 5.85. The van der Waals surface area contributed by atoms with Crippen molar-refractivity contribution < 1.29 is 19.4 Å². The van der Waals surface area contributed by atoms with Crippen LogP contribution in [0.5, 0.6) is 0 Å². The summed E-state index contributed by atoms with van der Waals surface area (Å²) in [5, 5.41) is 14.2. The van der Waals surface area contributed by atoms with E-state index in [0.717, 1.165) is 11.1 Å². The fraction of sp³-hybridized carbons (Fsp3) is 0.300. The van der Waals surface area contributed by atoms with Gasteiger partial charge in [-0.05, 0) is 17.5 Å². The molecule has 2 aromatic rings. The first-order valence-electron chi connectivity index (χ1n) is 8.58. The van der Waals surface area contributed by atoms with E-state index in [1.54, 1.807) is 0 Å². The molecule has 2 rings (SSSR count). The van der Waals surface area contributed by atoms with E-state index >= 15 is 0 Å². The average molecular weight is 356 g/mol. The zero-order valence-corrected chi connectivity index (χ0v) is 14.6. The van der Waals surface area contributed by atoms with Crippen LogP contribution < -0.4 is 10.6 Å². The number of aliphatic hydroxyl groups is 1. The Labute approximate surface area is 153 Å². The van der Waals surface area contributed by atoms with Crippen molar-refractivity contribution in [3.05, 3.63) is 71.8 Å². The Hall–Kier alpha value is -2.86. The van der Waals surface area contributed by atoms with Gasteiger partial charge in [0.15, 0.2) is 0 Å². The van der Waals surface area contributed by atoms with Crippen molar-refractivity contribution in [3.63, 3.8) is 0 Å². The first kappa shape index (κ1) is 19.5. The Morgan fingerprint density at radius 2 is 1.58 bits per heavy atom. The molecule has 0 aliphatic rings. The highest BCUT2D eigenvalue weighted by Crippen LogP contribution is 2.05. The van der Waals surface area contributed by atoms with Gasteiger partial charge >= 0.3 is 6.09 Å². The molecule has 1 unspecified atom stereocenters. The Morgan fingerprint density at radius 1 is 0.962 bits per heavy atom. The first-order chi connectivity index (χ1) is 12.7. The maximum atomic E-state index is 12.4. The van der Waals surface area contributed by atoms with Crippen molar-refractivity contribution >= 4 is 12.0 Å². The maximum Gasteiger partial charge on any atom is 0.408 e. The summed E-state index contributed by atoms with van der Waals surface area (Å²) in [6.07, 6.45) is 0.168. The average Bonchev–Trinajstić information content (AvgIpc) is 2.67. The van der Waals surface area contributed by atoms with Crippen molar-refractivity contribution in [1.82, 2.24) is 10.6 Å². The molecule has 26 heavy (non-hydrogen) atoms. The minimum absolute atomic E-state index is 0.00379. The summed E-state index contributed by atoms with van der Waals surface area (Å²) in [5.74, 6) is -0.307. The molecule has 138 valence electrons.